The van der Waals surface area contributed by atoms with Gasteiger partial charge in [0, 0.05) is 37.8 Å². The number of amides is 1. The largest absolute Gasteiger partial charge is 0.477 e. The molecule has 1 aromatic carbocycles. The maximum atomic E-state index is 12.5. The van der Waals surface area contributed by atoms with Gasteiger partial charge < -0.3 is 14.5 Å². The zero-order valence-corrected chi connectivity index (χ0v) is 15.7. The molecule has 3 rings (SSSR count). The van der Waals surface area contributed by atoms with E-state index in [0.29, 0.717) is 50.1 Å². The van der Waals surface area contributed by atoms with Gasteiger partial charge in [-0.3, -0.25) is 9.59 Å². The first-order valence-corrected chi connectivity index (χ1v) is 9.13. The minimum atomic E-state index is -0.463. The van der Waals surface area contributed by atoms with Crippen LogP contribution in [0.5, 0.6) is 5.88 Å². The van der Waals surface area contributed by atoms with Crippen molar-refractivity contribution in [2.45, 2.75) is 13.8 Å². The Hall–Kier alpha value is -2.96. The molecule has 1 aliphatic rings. The highest BCUT2D eigenvalue weighted by molar-refractivity contribution is 6.42. The first-order valence-electron chi connectivity index (χ1n) is 9.13. The molecule has 7 nitrogen and oxygen atoms in total. The molecule has 142 valence electrons. The molecule has 1 aromatic heterocycles. The first kappa shape index (κ1) is 18.8. The summed E-state index contributed by atoms with van der Waals surface area (Å²) in [6, 6.07) is 10.5. The van der Waals surface area contributed by atoms with Crippen molar-refractivity contribution in [1.82, 2.24) is 14.9 Å². The third-order valence-electron chi connectivity index (χ3n) is 4.31. The van der Waals surface area contributed by atoms with Gasteiger partial charge in [-0.15, -0.1) is 0 Å². The fraction of sp³-hybridized carbons (Fsp3) is 0.400. The number of hydrogen-bond donors (Lipinski definition) is 0. The molecule has 0 atom stereocenters. The van der Waals surface area contributed by atoms with Crippen LogP contribution in [0.1, 0.15) is 24.2 Å². The van der Waals surface area contributed by atoms with Crippen molar-refractivity contribution in [2.75, 3.05) is 37.7 Å². The number of Topliss-reactive ketones (excluding diaryl/α,β-unsaturated/α-hetero) is 1. The van der Waals surface area contributed by atoms with Crippen molar-refractivity contribution in [3.8, 4) is 5.88 Å². The fourth-order valence-corrected chi connectivity index (χ4v) is 2.83. The summed E-state index contributed by atoms with van der Waals surface area (Å²) in [6.45, 7) is 6.92. The van der Waals surface area contributed by atoms with E-state index in [9.17, 15) is 9.59 Å². The Labute approximate surface area is 159 Å². The summed E-state index contributed by atoms with van der Waals surface area (Å²) in [5.74, 6) is 0.816. The smallest absolute Gasteiger partial charge is 0.295 e. The van der Waals surface area contributed by atoms with Gasteiger partial charge in [-0.2, -0.15) is 0 Å². The highest BCUT2D eigenvalue weighted by Crippen LogP contribution is 2.18. The number of carbonyl (C=O) groups excluding carboxylic acids is 2. The molecule has 0 bridgehead atoms. The van der Waals surface area contributed by atoms with Gasteiger partial charge in [0.1, 0.15) is 12.1 Å². The van der Waals surface area contributed by atoms with Gasteiger partial charge in [0.25, 0.3) is 5.91 Å². The molecule has 1 saturated heterocycles. The number of piperazine rings is 1. The predicted octanol–water partition coefficient (Wildman–Crippen LogP) is 2.04. The molecule has 0 unspecified atom stereocenters. The third kappa shape index (κ3) is 4.81. The van der Waals surface area contributed by atoms with Crippen LogP contribution in [0.3, 0.4) is 0 Å². The number of aromatic nitrogens is 2. The Kier molecular flexibility index (Phi) is 6.01. The lowest BCUT2D eigenvalue weighted by Gasteiger charge is -2.35. The molecular formula is C20H24N4O3. The lowest BCUT2D eigenvalue weighted by Crippen LogP contribution is -2.50. The lowest BCUT2D eigenvalue weighted by molar-refractivity contribution is -0.126. The van der Waals surface area contributed by atoms with Gasteiger partial charge in [-0.05, 0) is 5.92 Å². The summed E-state index contributed by atoms with van der Waals surface area (Å²) >= 11 is 0. The maximum absolute atomic E-state index is 12.5. The zero-order chi connectivity index (χ0) is 19.2. The molecule has 2 heterocycles. The quantitative estimate of drug-likeness (QED) is 0.574. The number of ketones is 1. The van der Waals surface area contributed by atoms with Crippen LogP contribution in [0.25, 0.3) is 0 Å². The summed E-state index contributed by atoms with van der Waals surface area (Å²) < 4.78 is 5.65. The molecular weight excluding hydrogens is 344 g/mol. The van der Waals surface area contributed by atoms with Gasteiger partial charge in [-0.25, -0.2) is 9.97 Å². The number of rotatable bonds is 6. The van der Waals surface area contributed by atoms with E-state index < -0.39 is 11.7 Å². The van der Waals surface area contributed by atoms with Crippen LogP contribution in [-0.4, -0.2) is 59.3 Å². The second kappa shape index (κ2) is 8.62. The van der Waals surface area contributed by atoms with Gasteiger partial charge in [0.05, 0.1) is 6.61 Å². The normalized spacial score (nSPS) is 14.3. The van der Waals surface area contributed by atoms with E-state index in [-0.39, 0.29) is 0 Å². The molecule has 0 aliphatic carbocycles. The standard InChI is InChI=1S/C20H24N4O3/c1-15(2)13-27-18-12-17(21-14-22-18)23-8-10-24(11-9-23)20(26)19(25)16-6-4-3-5-7-16/h3-7,12,14-15H,8-11,13H2,1-2H3. The Bertz CT molecular complexity index is 787. The van der Waals surface area contributed by atoms with Crippen LogP contribution in [-0.2, 0) is 4.79 Å². The van der Waals surface area contributed by atoms with E-state index in [4.69, 9.17) is 4.74 Å². The maximum Gasteiger partial charge on any atom is 0.295 e. The van der Waals surface area contributed by atoms with Crippen LogP contribution >= 0.6 is 0 Å². The number of carbonyl (C=O) groups is 2. The molecule has 0 radical (unpaired) electrons. The van der Waals surface area contributed by atoms with Crippen LogP contribution < -0.4 is 9.64 Å². The molecule has 0 saturated carbocycles. The lowest BCUT2D eigenvalue weighted by atomic mass is 10.1. The van der Waals surface area contributed by atoms with Gasteiger partial charge in [0.2, 0.25) is 11.7 Å². The van der Waals surface area contributed by atoms with Crippen molar-refractivity contribution in [3.63, 3.8) is 0 Å². The average molecular weight is 368 g/mol. The van der Waals surface area contributed by atoms with Crippen LogP contribution in [0.4, 0.5) is 5.82 Å². The summed E-state index contributed by atoms with van der Waals surface area (Å²) in [7, 11) is 0. The SMILES string of the molecule is CC(C)COc1cc(N2CCN(C(=O)C(=O)c3ccccc3)CC2)ncn1. The van der Waals surface area contributed by atoms with Gasteiger partial charge in [-0.1, -0.05) is 44.2 Å². The van der Waals surface area contributed by atoms with Crippen LogP contribution in [0, 0.1) is 5.92 Å². The Morgan fingerprint density at radius 1 is 1.07 bits per heavy atom. The first-order chi connectivity index (χ1) is 13.0. The second-order valence-electron chi connectivity index (χ2n) is 6.89. The molecule has 1 aliphatic heterocycles. The topological polar surface area (TPSA) is 75.6 Å². The number of hydrogen-bond acceptors (Lipinski definition) is 6. The van der Waals surface area contributed by atoms with Crippen molar-refractivity contribution < 1.29 is 14.3 Å². The molecule has 7 heteroatoms. The van der Waals surface area contributed by atoms with E-state index in [1.54, 1.807) is 29.2 Å². The number of anilines is 1. The molecule has 0 spiro atoms. The summed E-state index contributed by atoms with van der Waals surface area (Å²) in [5.41, 5.74) is 0.424. The van der Waals surface area contributed by atoms with Crippen molar-refractivity contribution in [1.29, 1.82) is 0 Å². The van der Waals surface area contributed by atoms with Crippen LogP contribution in [0.2, 0.25) is 0 Å². The van der Waals surface area contributed by atoms with Crippen LogP contribution in [0.15, 0.2) is 42.7 Å². The molecule has 27 heavy (non-hydrogen) atoms. The third-order valence-corrected chi connectivity index (χ3v) is 4.31. The van der Waals surface area contributed by atoms with E-state index in [1.165, 1.54) is 6.33 Å². The van der Waals surface area contributed by atoms with E-state index >= 15 is 0 Å². The minimum absolute atomic E-state index is 0.417. The minimum Gasteiger partial charge on any atom is -0.477 e. The molecule has 1 fully saturated rings. The van der Waals surface area contributed by atoms with E-state index in [1.807, 2.05) is 12.1 Å². The molecule has 1 amide bonds. The highest BCUT2D eigenvalue weighted by Gasteiger charge is 2.27. The summed E-state index contributed by atoms with van der Waals surface area (Å²) in [4.78, 5) is 36.9. The zero-order valence-electron chi connectivity index (χ0n) is 15.7. The molecule has 2 aromatic rings. The number of benzene rings is 1. The highest BCUT2D eigenvalue weighted by atomic mass is 16.5. The Morgan fingerprint density at radius 2 is 1.78 bits per heavy atom. The monoisotopic (exact) mass is 368 g/mol. The van der Waals surface area contributed by atoms with E-state index in [0.717, 1.165) is 5.82 Å². The number of ether oxygens (including phenoxy) is 1. The summed E-state index contributed by atoms with van der Waals surface area (Å²) in [5, 5.41) is 0. The fourth-order valence-electron chi connectivity index (χ4n) is 2.83. The number of nitrogens with zero attached hydrogens (tertiary/aromatic N) is 4. The Morgan fingerprint density at radius 3 is 2.44 bits per heavy atom. The van der Waals surface area contributed by atoms with Crippen molar-refractivity contribution >= 4 is 17.5 Å². The van der Waals surface area contributed by atoms with Gasteiger partial charge >= 0.3 is 0 Å². The average Bonchev–Trinajstić information content (AvgIpc) is 2.72. The molecule has 0 N–H and O–H groups in total. The van der Waals surface area contributed by atoms with Crippen molar-refractivity contribution in [3.05, 3.63) is 48.3 Å². The van der Waals surface area contributed by atoms with Gasteiger partial charge in [0.15, 0.2) is 0 Å². The summed E-state index contributed by atoms with van der Waals surface area (Å²) in [6.07, 6.45) is 1.49. The Balaban J connectivity index is 1.58. The second-order valence-corrected chi connectivity index (χ2v) is 6.89. The van der Waals surface area contributed by atoms with E-state index in [2.05, 4.69) is 28.7 Å². The predicted molar refractivity (Wildman–Crippen MR) is 102 cm³/mol. The van der Waals surface area contributed by atoms with Crippen molar-refractivity contribution in [2.24, 2.45) is 5.92 Å².